The number of hydrogen-bond acceptors (Lipinski definition) is 3. The number of hydrogen-bond donors (Lipinski definition) is 2. The van der Waals surface area contributed by atoms with E-state index in [0.29, 0.717) is 12.5 Å². The zero-order valence-corrected chi connectivity index (χ0v) is 11.9. The molecule has 1 fully saturated rings. The van der Waals surface area contributed by atoms with Crippen molar-refractivity contribution in [3.8, 4) is 0 Å². The normalized spacial score (nSPS) is 19.3. The van der Waals surface area contributed by atoms with Crippen molar-refractivity contribution >= 4 is 12.0 Å². The van der Waals surface area contributed by atoms with Gasteiger partial charge in [0.15, 0.2) is 0 Å². The zero-order chi connectivity index (χ0) is 14.3. The minimum atomic E-state index is -0.841. The second-order valence-corrected chi connectivity index (χ2v) is 4.93. The quantitative estimate of drug-likeness (QED) is 0.750. The Kier molecular flexibility index (Phi) is 6.62. The maximum Gasteiger partial charge on any atom is 0.319 e. The van der Waals surface area contributed by atoms with Crippen molar-refractivity contribution in [2.75, 3.05) is 39.3 Å². The molecule has 19 heavy (non-hydrogen) atoms. The predicted molar refractivity (Wildman–Crippen MR) is 73.1 cm³/mol. The summed E-state index contributed by atoms with van der Waals surface area (Å²) < 4.78 is 0. The number of amides is 2. The maximum absolute atomic E-state index is 12.2. The number of carboxylic acids is 1. The Hall–Kier alpha value is -1.30. The van der Waals surface area contributed by atoms with E-state index < -0.39 is 5.97 Å². The van der Waals surface area contributed by atoms with Gasteiger partial charge >= 0.3 is 12.0 Å². The summed E-state index contributed by atoms with van der Waals surface area (Å²) in [5, 5.41) is 11.5. The van der Waals surface area contributed by atoms with Gasteiger partial charge in [-0.1, -0.05) is 0 Å². The van der Waals surface area contributed by atoms with Crippen LogP contribution in [0.3, 0.4) is 0 Å². The van der Waals surface area contributed by atoms with Crippen LogP contribution in [0.4, 0.5) is 4.79 Å². The second kappa shape index (κ2) is 7.99. The van der Waals surface area contributed by atoms with Crippen LogP contribution >= 0.6 is 0 Å². The van der Waals surface area contributed by atoms with Gasteiger partial charge in [0.05, 0.1) is 6.54 Å². The average molecular weight is 271 g/mol. The number of likely N-dealkylation sites (tertiary alicyclic amines) is 1. The van der Waals surface area contributed by atoms with E-state index >= 15 is 0 Å². The molecule has 0 aromatic heterocycles. The molecule has 0 aromatic carbocycles. The van der Waals surface area contributed by atoms with Gasteiger partial charge in [-0.2, -0.15) is 0 Å². The van der Waals surface area contributed by atoms with Crippen LogP contribution in [-0.4, -0.2) is 66.2 Å². The number of aliphatic carboxylic acids is 1. The lowest BCUT2D eigenvalue weighted by atomic mass is 9.98. The maximum atomic E-state index is 12.2. The summed E-state index contributed by atoms with van der Waals surface area (Å²) in [6.07, 6.45) is 2.04. The Balaban J connectivity index is 2.40. The fourth-order valence-corrected chi connectivity index (χ4v) is 2.48. The van der Waals surface area contributed by atoms with E-state index in [2.05, 4.69) is 5.32 Å². The molecule has 0 aliphatic carbocycles. The van der Waals surface area contributed by atoms with E-state index in [-0.39, 0.29) is 12.6 Å². The number of rotatable bonds is 6. The van der Waals surface area contributed by atoms with Crippen LogP contribution in [0.15, 0.2) is 0 Å². The molecule has 1 rings (SSSR count). The Bertz CT molecular complexity index is 306. The van der Waals surface area contributed by atoms with Gasteiger partial charge in [0.2, 0.25) is 0 Å². The Morgan fingerprint density at radius 3 is 2.63 bits per heavy atom. The van der Waals surface area contributed by atoms with Crippen molar-refractivity contribution in [1.82, 2.24) is 15.1 Å². The van der Waals surface area contributed by atoms with Crippen LogP contribution in [0.1, 0.15) is 26.7 Å². The lowest BCUT2D eigenvalue weighted by Crippen LogP contribution is -2.49. The van der Waals surface area contributed by atoms with E-state index in [9.17, 15) is 9.59 Å². The van der Waals surface area contributed by atoms with Crippen LogP contribution in [0.5, 0.6) is 0 Å². The second-order valence-electron chi connectivity index (χ2n) is 4.93. The van der Waals surface area contributed by atoms with Crippen LogP contribution in [0.2, 0.25) is 0 Å². The lowest BCUT2D eigenvalue weighted by molar-refractivity contribution is -0.136. The third-order valence-corrected chi connectivity index (χ3v) is 3.53. The molecule has 0 bridgehead atoms. The minimum Gasteiger partial charge on any atom is -0.480 e. The van der Waals surface area contributed by atoms with Crippen molar-refractivity contribution in [3.05, 3.63) is 0 Å². The predicted octanol–water partition coefficient (Wildman–Crippen LogP) is 0.834. The minimum absolute atomic E-state index is 0.0134. The molecule has 0 spiro atoms. The van der Waals surface area contributed by atoms with Gasteiger partial charge in [-0.05, 0) is 32.6 Å². The van der Waals surface area contributed by atoms with E-state index in [1.54, 1.807) is 0 Å². The molecule has 1 aliphatic rings. The topological polar surface area (TPSA) is 72.9 Å². The van der Waals surface area contributed by atoms with E-state index in [4.69, 9.17) is 5.11 Å². The van der Waals surface area contributed by atoms with Crippen LogP contribution in [0, 0.1) is 5.92 Å². The molecule has 110 valence electrons. The van der Waals surface area contributed by atoms with Gasteiger partial charge in [-0.3, -0.25) is 4.79 Å². The number of carbonyl (C=O) groups is 2. The summed E-state index contributed by atoms with van der Waals surface area (Å²) in [5.74, 6) is -0.487. The van der Waals surface area contributed by atoms with E-state index in [1.807, 2.05) is 23.6 Å². The molecule has 0 aromatic rings. The first-order valence-electron chi connectivity index (χ1n) is 7.04. The summed E-state index contributed by atoms with van der Waals surface area (Å²) in [5.41, 5.74) is 0. The largest absolute Gasteiger partial charge is 0.480 e. The summed E-state index contributed by atoms with van der Waals surface area (Å²) in [4.78, 5) is 26.4. The van der Waals surface area contributed by atoms with Crippen molar-refractivity contribution in [2.24, 2.45) is 5.92 Å². The van der Waals surface area contributed by atoms with Crippen molar-refractivity contribution < 1.29 is 14.7 Å². The number of carboxylic acid groups (broad SMARTS) is 1. The fraction of sp³-hybridized carbons (Fsp3) is 0.846. The standard InChI is InChI=1S/C13H25N3O3/c1-3-15(4-2)13(19)16-7-5-6-11(10-16)8-14-9-12(17)18/h11,14H,3-10H2,1-2H3,(H,17,18). The number of piperidine rings is 1. The summed E-state index contributed by atoms with van der Waals surface area (Å²) in [6, 6.07) is 0.105. The first kappa shape index (κ1) is 15.8. The van der Waals surface area contributed by atoms with Crippen molar-refractivity contribution in [1.29, 1.82) is 0 Å². The lowest BCUT2D eigenvalue weighted by Gasteiger charge is -2.36. The highest BCUT2D eigenvalue weighted by Crippen LogP contribution is 2.17. The molecule has 1 saturated heterocycles. The Labute approximate surface area is 114 Å². The van der Waals surface area contributed by atoms with Gasteiger partial charge in [0.1, 0.15) is 0 Å². The molecule has 1 aliphatic heterocycles. The van der Waals surface area contributed by atoms with E-state index in [1.165, 1.54) is 0 Å². The molecule has 2 amide bonds. The number of nitrogens with zero attached hydrogens (tertiary/aromatic N) is 2. The van der Waals surface area contributed by atoms with Gasteiger partial charge in [-0.15, -0.1) is 0 Å². The Morgan fingerprint density at radius 1 is 1.37 bits per heavy atom. The highest BCUT2D eigenvalue weighted by Gasteiger charge is 2.25. The van der Waals surface area contributed by atoms with Crippen LogP contribution in [-0.2, 0) is 4.79 Å². The highest BCUT2D eigenvalue weighted by molar-refractivity contribution is 5.74. The van der Waals surface area contributed by atoms with Crippen molar-refractivity contribution in [2.45, 2.75) is 26.7 Å². The van der Waals surface area contributed by atoms with Gasteiger partial charge in [-0.25, -0.2) is 4.79 Å². The SMILES string of the molecule is CCN(CC)C(=O)N1CCCC(CNCC(=O)O)C1. The third-order valence-electron chi connectivity index (χ3n) is 3.53. The van der Waals surface area contributed by atoms with Crippen LogP contribution in [0.25, 0.3) is 0 Å². The highest BCUT2D eigenvalue weighted by atomic mass is 16.4. The molecule has 1 unspecified atom stereocenters. The molecule has 0 radical (unpaired) electrons. The third kappa shape index (κ3) is 5.06. The van der Waals surface area contributed by atoms with E-state index in [0.717, 1.165) is 39.0 Å². The van der Waals surface area contributed by atoms with Gasteiger partial charge in [0.25, 0.3) is 0 Å². The monoisotopic (exact) mass is 271 g/mol. The molecule has 2 N–H and O–H groups in total. The van der Waals surface area contributed by atoms with Crippen LogP contribution < -0.4 is 5.32 Å². The molecular formula is C13H25N3O3. The van der Waals surface area contributed by atoms with Crippen molar-refractivity contribution in [3.63, 3.8) is 0 Å². The molecule has 0 saturated carbocycles. The summed E-state index contributed by atoms with van der Waals surface area (Å²) >= 11 is 0. The number of nitrogens with one attached hydrogen (secondary N) is 1. The molecule has 6 nitrogen and oxygen atoms in total. The summed E-state index contributed by atoms with van der Waals surface area (Å²) in [6.45, 7) is 7.61. The molecule has 1 heterocycles. The molecule has 6 heteroatoms. The Morgan fingerprint density at radius 2 is 2.05 bits per heavy atom. The summed E-state index contributed by atoms with van der Waals surface area (Å²) in [7, 11) is 0. The van der Waals surface area contributed by atoms with Gasteiger partial charge in [0, 0.05) is 32.7 Å². The average Bonchev–Trinajstić information content (AvgIpc) is 2.40. The fourth-order valence-electron chi connectivity index (χ4n) is 2.48. The number of carbonyl (C=O) groups excluding carboxylic acids is 1. The smallest absolute Gasteiger partial charge is 0.319 e. The molecular weight excluding hydrogens is 246 g/mol. The first-order valence-corrected chi connectivity index (χ1v) is 7.04. The first-order chi connectivity index (χ1) is 9.08. The molecule has 1 atom stereocenters. The van der Waals surface area contributed by atoms with Gasteiger partial charge < -0.3 is 20.2 Å². The number of urea groups is 1. The zero-order valence-electron chi connectivity index (χ0n) is 11.9.